The lowest BCUT2D eigenvalue weighted by Gasteiger charge is -2.75. The highest BCUT2D eigenvalue weighted by atomic mass is 18.2. The van der Waals surface area contributed by atoms with Gasteiger partial charge in [0.15, 0.2) is 11.5 Å². The molecule has 1 aromatic carbocycles. The van der Waals surface area contributed by atoms with Gasteiger partial charge >= 0.3 is 0 Å². The average molecular weight is 457 g/mol. The van der Waals surface area contributed by atoms with E-state index in [9.17, 15) is 14.6 Å². The van der Waals surface area contributed by atoms with Gasteiger partial charge in [0.2, 0.25) is 0 Å². The smallest absolute Gasteiger partial charge is 0.165 e. The number of piperidine rings is 1. The number of likely N-dealkylation sites (tertiary alicyclic amines) is 1. The van der Waals surface area contributed by atoms with E-state index in [4.69, 9.17) is 9.47 Å². The highest BCUT2D eigenvalue weighted by Crippen LogP contribution is 2.77. The van der Waals surface area contributed by atoms with E-state index in [-0.39, 0.29) is 35.2 Å². The fourth-order valence-corrected chi connectivity index (χ4v) is 9.36. The minimum Gasteiger partial charge on any atom is -0.504 e. The van der Waals surface area contributed by atoms with Gasteiger partial charge in [0.1, 0.15) is 18.4 Å². The van der Waals surface area contributed by atoms with Crippen molar-refractivity contribution in [3.05, 3.63) is 23.3 Å². The summed E-state index contributed by atoms with van der Waals surface area (Å²) in [5.41, 5.74) is 0.515. The van der Waals surface area contributed by atoms with Crippen molar-refractivity contribution < 1.29 is 24.1 Å². The van der Waals surface area contributed by atoms with Gasteiger partial charge in [-0.3, -0.25) is 4.90 Å². The zero-order valence-electron chi connectivity index (χ0n) is 19.8. The monoisotopic (exact) mass is 456 g/mol. The Bertz CT molecular complexity index is 1000. The van der Waals surface area contributed by atoms with Crippen molar-refractivity contribution in [3.63, 3.8) is 0 Å². The minimum atomic E-state index is -0.971. The molecular weight excluding hydrogens is 420 g/mol. The van der Waals surface area contributed by atoms with Gasteiger partial charge in [-0.15, -0.1) is 0 Å². The quantitative estimate of drug-likeness (QED) is 0.683. The zero-order valence-corrected chi connectivity index (χ0v) is 19.8. The largest absolute Gasteiger partial charge is 0.504 e. The molecule has 4 saturated carbocycles. The lowest BCUT2D eigenvalue weighted by molar-refractivity contribution is -0.307. The van der Waals surface area contributed by atoms with Crippen LogP contribution in [0.4, 0.5) is 4.39 Å². The Morgan fingerprint density at radius 3 is 2.79 bits per heavy atom. The summed E-state index contributed by atoms with van der Waals surface area (Å²) in [7, 11) is 0. The number of hydrogen-bond donors (Lipinski definition) is 2. The first-order valence-electron chi connectivity index (χ1n) is 13.0. The van der Waals surface area contributed by atoms with Crippen LogP contribution in [0.15, 0.2) is 12.1 Å². The van der Waals surface area contributed by atoms with E-state index >= 15 is 0 Å². The molecule has 0 radical (unpaired) electrons. The van der Waals surface area contributed by atoms with Crippen molar-refractivity contribution in [3.8, 4) is 11.5 Å². The van der Waals surface area contributed by atoms with Crippen LogP contribution < -0.4 is 4.74 Å². The van der Waals surface area contributed by atoms with Crippen molar-refractivity contribution in [1.82, 2.24) is 4.90 Å². The Hall–Kier alpha value is -1.37. The highest BCUT2D eigenvalue weighted by molar-refractivity contribution is 5.63. The molecule has 0 amide bonds. The highest BCUT2D eigenvalue weighted by Gasteiger charge is 2.81. The summed E-state index contributed by atoms with van der Waals surface area (Å²) in [6, 6.07) is 4.30. The van der Waals surface area contributed by atoms with Crippen LogP contribution in [-0.4, -0.2) is 64.8 Å². The molecule has 5 fully saturated rings. The fraction of sp³-hybridized carbons (Fsp3) is 0.778. The number of rotatable bonds is 6. The number of alkyl halides is 1. The molecule has 5 aliphatic carbocycles. The molecule has 7 aliphatic rings. The summed E-state index contributed by atoms with van der Waals surface area (Å²) >= 11 is 0. The van der Waals surface area contributed by atoms with Crippen molar-refractivity contribution in [1.29, 1.82) is 0 Å². The normalized spacial score (nSPS) is 42.8. The molecule has 1 aromatic rings. The van der Waals surface area contributed by atoms with E-state index in [2.05, 4.69) is 11.0 Å². The summed E-state index contributed by atoms with van der Waals surface area (Å²) in [5, 5.41) is 22.3. The number of phenolic OH excluding ortho intramolecular Hbond substituents is 1. The maximum absolute atomic E-state index is 13.5. The van der Waals surface area contributed by atoms with Gasteiger partial charge < -0.3 is 19.7 Å². The first-order chi connectivity index (χ1) is 15.8. The van der Waals surface area contributed by atoms with Crippen LogP contribution in [-0.2, 0) is 16.6 Å². The van der Waals surface area contributed by atoms with Crippen LogP contribution in [0.5, 0.6) is 11.5 Å². The number of ether oxygens (including phenoxy) is 2. The van der Waals surface area contributed by atoms with E-state index in [0.717, 1.165) is 44.6 Å². The third kappa shape index (κ3) is 2.38. The van der Waals surface area contributed by atoms with Crippen LogP contribution in [0.25, 0.3) is 0 Å². The third-order valence-electron chi connectivity index (χ3n) is 10.6. The standard InChI is InChI=1S/C27H36FNO4/c1-24(2,31)19-14-25-7-8-27(19,32-12-10-28)23-26(25)9-11-29(15-16-3-4-16)20(25)13-17-5-6-18(30)22(33-23)21(17)26/h5-6,16,19-20,23,30-31H,3-4,7-15H2,1-2H3/t19-,20-,23-,25+,26+,27+/m1/s1/i28-1. The number of hydrogen-bond acceptors (Lipinski definition) is 5. The maximum Gasteiger partial charge on any atom is 0.165 e. The molecule has 6 heteroatoms. The molecule has 6 atom stereocenters. The first kappa shape index (κ1) is 21.0. The van der Waals surface area contributed by atoms with Gasteiger partial charge in [-0.05, 0) is 82.9 Å². The number of phenols is 1. The van der Waals surface area contributed by atoms with Gasteiger partial charge in [0.25, 0.3) is 0 Å². The first-order valence-corrected chi connectivity index (χ1v) is 13.0. The van der Waals surface area contributed by atoms with E-state index in [0.29, 0.717) is 11.8 Å². The zero-order chi connectivity index (χ0) is 22.8. The molecule has 2 heterocycles. The van der Waals surface area contributed by atoms with E-state index in [1.807, 2.05) is 13.8 Å². The second-order valence-electron chi connectivity index (χ2n) is 12.4. The Labute approximate surface area is 195 Å². The molecule has 8 rings (SSSR count). The molecule has 2 aliphatic heterocycles. The lowest BCUT2D eigenvalue weighted by Crippen LogP contribution is -2.82. The average Bonchev–Trinajstić information content (AvgIpc) is 3.52. The van der Waals surface area contributed by atoms with Gasteiger partial charge in [-0.1, -0.05) is 6.07 Å². The third-order valence-corrected chi connectivity index (χ3v) is 10.6. The van der Waals surface area contributed by atoms with Crippen molar-refractivity contribution in [2.45, 2.75) is 87.6 Å². The van der Waals surface area contributed by atoms with E-state index in [1.54, 1.807) is 6.07 Å². The number of aliphatic hydroxyl groups is 1. The van der Waals surface area contributed by atoms with Gasteiger partial charge in [0.05, 0.1) is 12.2 Å². The number of aromatic hydroxyl groups is 1. The Morgan fingerprint density at radius 1 is 1.24 bits per heavy atom. The molecule has 33 heavy (non-hydrogen) atoms. The second-order valence-corrected chi connectivity index (χ2v) is 12.4. The van der Waals surface area contributed by atoms with E-state index in [1.165, 1.54) is 30.5 Å². The summed E-state index contributed by atoms with van der Waals surface area (Å²) in [5.74, 6) is 1.51. The summed E-state index contributed by atoms with van der Waals surface area (Å²) in [4.78, 5) is 2.76. The topological polar surface area (TPSA) is 62.2 Å². The van der Waals surface area contributed by atoms with Crippen molar-refractivity contribution in [2.75, 3.05) is 26.4 Å². The Kier molecular flexibility index (Phi) is 4.09. The molecule has 0 aromatic heterocycles. The molecule has 180 valence electrons. The number of fused-ring (bicyclic) bond motifs is 2. The second kappa shape index (κ2) is 6.44. The number of nitrogens with zero attached hydrogens (tertiary/aromatic N) is 1. The van der Waals surface area contributed by atoms with Crippen LogP contribution in [0.3, 0.4) is 0 Å². The summed E-state index contributed by atoms with van der Waals surface area (Å²) in [6.45, 7) is 5.44. The van der Waals surface area contributed by atoms with Gasteiger partial charge in [0, 0.05) is 34.9 Å². The molecule has 1 saturated heterocycles. The van der Waals surface area contributed by atoms with Gasteiger partial charge in [-0.25, -0.2) is 4.39 Å². The lowest BCUT2D eigenvalue weighted by atomic mass is 9.34. The van der Waals surface area contributed by atoms with Crippen LogP contribution in [0, 0.1) is 17.3 Å². The fourth-order valence-electron chi connectivity index (χ4n) is 9.36. The molecule has 2 N–H and O–H groups in total. The molecule has 0 unspecified atom stereocenters. The van der Waals surface area contributed by atoms with Crippen LogP contribution >= 0.6 is 0 Å². The Balaban J connectivity index is 1.46. The van der Waals surface area contributed by atoms with Crippen molar-refractivity contribution >= 4 is 0 Å². The van der Waals surface area contributed by atoms with Crippen LogP contribution in [0.1, 0.15) is 63.5 Å². The van der Waals surface area contributed by atoms with Crippen molar-refractivity contribution in [2.24, 2.45) is 17.3 Å². The predicted octanol–water partition coefficient (Wildman–Crippen LogP) is 3.73. The van der Waals surface area contributed by atoms with Crippen LogP contribution in [0.2, 0.25) is 0 Å². The molecular formula is C27H36FNO4. The Morgan fingerprint density at radius 2 is 2.06 bits per heavy atom. The molecule has 4 bridgehead atoms. The summed E-state index contributed by atoms with van der Waals surface area (Å²) in [6.07, 6.45) is 6.97. The predicted molar refractivity (Wildman–Crippen MR) is 121 cm³/mol. The minimum absolute atomic E-state index is 0.0158. The number of halogens is 1. The SMILES string of the molecule is CC(C)(O)[C@H]1C[C@]23CC[C@@]1(OCC[18F])[C@@H]1Oc4c(O)ccc5c4[C@@]12CCN(CC1CC1)[C@@H]3C5. The number of benzene rings is 1. The molecule has 5 nitrogen and oxygen atoms in total. The van der Waals surface area contributed by atoms with Gasteiger partial charge in [-0.2, -0.15) is 0 Å². The van der Waals surface area contributed by atoms with E-state index < -0.39 is 17.9 Å². The summed E-state index contributed by atoms with van der Waals surface area (Å²) < 4.78 is 26.7. The maximum atomic E-state index is 13.5. The molecule has 2 spiro atoms.